The lowest BCUT2D eigenvalue weighted by Crippen LogP contribution is -2.08. The molecule has 2 rings (SSSR count). The van der Waals surface area contributed by atoms with Crippen LogP contribution in [-0.4, -0.2) is 16.9 Å². The van der Waals surface area contributed by atoms with Crippen molar-refractivity contribution in [2.45, 2.75) is 4.90 Å². The molecule has 0 bridgehead atoms. The molecule has 0 aliphatic carbocycles. The number of carbonyl (C=O) groups excluding carboxylic acids is 2. The fraction of sp³-hybridized carbons (Fsp3) is 0. The number of benzene rings is 2. The molecule has 0 fully saturated rings. The van der Waals surface area contributed by atoms with Crippen molar-refractivity contribution in [3.63, 3.8) is 0 Å². The third-order valence-corrected chi connectivity index (χ3v) is 3.72. The summed E-state index contributed by atoms with van der Waals surface area (Å²) < 4.78 is 5.14. The minimum absolute atomic E-state index is 0.164. The monoisotopic (exact) mass is 326 g/mol. The fourth-order valence-electron chi connectivity index (χ4n) is 1.89. The van der Waals surface area contributed by atoms with Gasteiger partial charge in [-0.1, -0.05) is 43.0 Å². The SMILES string of the molecule is C=CC(=O)Oc1cccc(C(=O)c2ccccc2)c1SC(=C)O. The van der Waals surface area contributed by atoms with E-state index in [1.165, 1.54) is 6.07 Å². The minimum Gasteiger partial charge on any atom is -0.502 e. The highest BCUT2D eigenvalue weighted by Crippen LogP contribution is 2.37. The van der Waals surface area contributed by atoms with E-state index in [4.69, 9.17) is 4.74 Å². The molecular weight excluding hydrogens is 312 g/mol. The molecule has 0 aliphatic rings. The van der Waals surface area contributed by atoms with E-state index < -0.39 is 5.97 Å². The second kappa shape index (κ2) is 7.47. The predicted octanol–water partition coefficient (Wildman–Crippen LogP) is 4.13. The summed E-state index contributed by atoms with van der Waals surface area (Å²) in [5.41, 5.74) is 0.802. The Balaban J connectivity index is 2.51. The molecule has 0 aromatic heterocycles. The average molecular weight is 326 g/mol. The average Bonchev–Trinajstić information content (AvgIpc) is 2.56. The molecular formula is C18H14O4S. The third kappa shape index (κ3) is 4.11. The summed E-state index contributed by atoms with van der Waals surface area (Å²) >= 11 is 0.856. The molecule has 5 heteroatoms. The van der Waals surface area contributed by atoms with Gasteiger partial charge >= 0.3 is 5.97 Å². The van der Waals surface area contributed by atoms with Crippen molar-refractivity contribution in [1.82, 2.24) is 0 Å². The van der Waals surface area contributed by atoms with E-state index in [1.807, 2.05) is 6.07 Å². The summed E-state index contributed by atoms with van der Waals surface area (Å²) in [6, 6.07) is 13.4. The Bertz CT molecular complexity index is 766. The van der Waals surface area contributed by atoms with Gasteiger partial charge in [-0.05, 0) is 30.5 Å². The summed E-state index contributed by atoms with van der Waals surface area (Å²) in [5.74, 6) is -0.734. The summed E-state index contributed by atoms with van der Waals surface area (Å²) in [6.45, 7) is 6.75. The number of carbonyl (C=O) groups is 2. The van der Waals surface area contributed by atoms with Gasteiger partial charge in [-0.2, -0.15) is 0 Å². The first-order chi connectivity index (χ1) is 11.0. The van der Waals surface area contributed by atoms with Crippen LogP contribution in [0.2, 0.25) is 0 Å². The van der Waals surface area contributed by atoms with Gasteiger partial charge in [-0.25, -0.2) is 4.79 Å². The summed E-state index contributed by atoms with van der Waals surface area (Å²) in [5, 5.41) is 9.28. The van der Waals surface area contributed by atoms with Crippen LogP contribution in [0.15, 0.2) is 77.8 Å². The van der Waals surface area contributed by atoms with Crippen LogP contribution < -0.4 is 4.74 Å². The number of esters is 1. The Morgan fingerprint density at radius 3 is 2.39 bits per heavy atom. The number of ether oxygens (including phenoxy) is 1. The van der Waals surface area contributed by atoms with Crippen molar-refractivity contribution in [3.05, 3.63) is 84.0 Å². The van der Waals surface area contributed by atoms with Gasteiger partial charge in [0, 0.05) is 17.2 Å². The largest absolute Gasteiger partial charge is 0.502 e. The summed E-state index contributed by atoms with van der Waals surface area (Å²) in [4.78, 5) is 24.4. The highest BCUT2D eigenvalue weighted by Gasteiger charge is 2.19. The molecule has 0 radical (unpaired) electrons. The van der Waals surface area contributed by atoms with E-state index in [0.29, 0.717) is 16.0 Å². The van der Waals surface area contributed by atoms with Gasteiger partial charge in [0.1, 0.15) is 10.8 Å². The van der Waals surface area contributed by atoms with Gasteiger partial charge in [0.2, 0.25) is 0 Å². The molecule has 116 valence electrons. The van der Waals surface area contributed by atoms with Crippen molar-refractivity contribution in [2.75, 3.05) is 0 Å². The number of rotatable bonds is 6. The summed E-state index contributed by atoms with van der Waals surface area (Å²) in [7, 11) is 0. The maximum Gasteiger partial charge on any atom is 0.335 e. The minimum atomic E-state index is -0.653. The highest BCUT2D eigenvalue weighted by atomic mass is 32.2. The quantitative estimate of drug-likeness (QED) is 0.216. The first kappa shape index (κ1) is 16.6. The Hall–Kier alpha value is -2.79. The van der Waals surface area contributed by atoms with Crippen LogP contribution in [0.3, 0.4) is 0 Å². The number of aliphatic hydroxyl groups excluding tert-OH is 1. The van der Waals surface area contributed by atoms with Crippen LogP contribution in [-0.2, 0) is 4.79 Å². The van der Waals surface area contributed by atoms with Gasteiger partial charge in [0.05, 0.1) is 4.90 Å². The van der Waals surface area contributed by atoms with E-state index >= 15 is 0 Å². The van der Waals surface area contributed by atoms with Gasteiger partial charge in [0.25, 0.3) is 0 Å². The Kier molecular flexibility index (Phi) is 5.38. The van der Waals surface area contributed by atoms with E-state index in [0.717, 1.165) is 17.8 Å². The lowest BCUT2D eigenvalue weighted by atomic mass is 10.0. The molecule has 0 spiro atoms. The molecule has 0 aliphatic heterocycles. The van der Waals surface area contributed by atoms with Crippen LogP contribution in [0.25, 0.3) is 0 Å². The van der Waals surface area contributed by atoms with Crippen molar-refractivity contribution in [3.8, 4) is 5.75 Å². The number of aliphatic hydroxyl groups is 1. The fourth-order valence-corrected chi connectivity index (χ4v) is 2.61. The second-order valence-electron chi connectivity index (χ2n) is 4.45. The number of ketones is 1. The molecule has 0 atom stereocenters. The summed E-state index contributed by atoms with van der Waals surface area (Å²) in [6.07, 6.45) is 1.02. The van der Waals surface area contributed by atoms with Crippen molar-refractivity contribution in [2.24, 2.45) is 0 Å². The highest BCUT2D eigenvalue weighted by molar-refractivity contribution is 8.03. The Labute approximate surface area is 138 Å². The standard InChI is InChI=1S/C18H14O4S/c1-3-16(20)22-15-11-7-10-14(18(15)23-12(2)19)17(21)13-8-5-4-6-9-13/h3-11,19H,1-2H2. The van der Waals surface area contributed by atoms with Crippen LogP contribution in [0.1, 0.15) is 15.9 Å². The van der Waals surface area contributed by atoms with E-state index in [2.05, 4.69) is 13.2 Å². The van der Waals surface area contributed by atoms with Crippen LogP contribution >= 0.6 is 11.8 Å². The van der Waals surface area contributed by atoms with Gasteiger partial charge in [0.15, 0.2) is 5.78 Å². The van der Waals surface area contributed by atoms with Gasteiger partial charge in [-0.3, -0.25) is 4.79 Å². The van der Waals surface area contributed by atoms with Gasteiger partial charge in [-0.15, -0.1) is 0 Å². The maximum atomic E-state index is 12.7. The zero-order valence-electron chi connectivity index (χ0n) is 12.2. The van der Waals surface area contributed by atoms with E-state index in [9.17, 15) is 14.7 Å². The lowest BCUT2D eigenvalue weighted by molar-refractivity contribution is -0.129. The number of hydrogen-bond acceptors (Lipinski definition) is 5. The molecule has 0 amide bonds. The van der Waals surface area contributed by atoms with Crippen molar-refractivity contribution >= 4 is 23.5 Å². The topological polar surface area (TPSA) is 63.6 Å². The molecule has 2 aromatic rings. The molecule has 23 heavy (non-hydrogen) atoms. The molecule has 0 saturated carbocycles. The third-order valence-electron chi connectivity index (χ3n) is 2.86. The first-order valence-electron chi connectivity index (χ1n) is 6.65. The Morgan fingerprint density at radius 1 is 1.09 bits per heavy atom. The molecule has 2 aromatic carbocycles. The molecule has 1 N–H and O–H groups in total. The van der Waals surface area contributed by atoms with E-state index in [1.54, 1.807) is 36.4 Å². The van der Waals surface area contributed by atoms with Crippen molar-refractivity contribution in [1.29, 1.82) is 0 Å². The predicted molar refractivity (Wildman–Crippen MR) is 89.8 cm³/mol. The van der Waals surface area contributed by atoms with Crippen LogP contribution in [0, 0.1) is 0 Å². The smallest absolute Gasteiger partial charge is 0.335 e. The van der Waals surface area contributed by atoms with Crippen molar-refractivity contribution < 1.29 is 19.4 Å². The number of thioether (sulfide) groups is 1. The number of hydrogen-bond donors (Lipinski definition) is 1. The zero-order valence-corrected chi connectivity index (χ0v) is 13.0. The molecule has 0 saturated heterocycles. The molecule has 0 heterocycles. The Morgan fingerprint density at radius 2 is 1.78 bits per heavy atom. The first-order valence-corrected chi connectivity index (χ1v) is 7.47. The van der Waals surface area contributed by atoms with Crippen LogP contribution in [0.4, 0.5) is 0 Å². The van der Waals surface area contributed by atoms with Crippen LogP contribution in [0.5, 0.6) is 5.75 Å². The normalized spacial score (nSPS) is 9.91. The molecule has 4 nitrogen and oxygen atoms in total. The second-order valence-corrected chi connectivity index (χ2v) is 5.53. The maximum absolute atomic E-state index is 12.7. The molecule has 0 unspecified atom stereocenters. The zero-order chi connectivity index (χ0) is 16.8. The van der Waals surface area contributed by atoms with E-state index in [-0.39, 0.29) is 16.6 Å². The van der Waals surface area contributed by atoms with Gasteiger partial charge < -0.3 is 9.84 Å². The lowest BCUT2D eigenvalue weighted by Gasteiger charge is -2.12.